The predicted molar refractivity (Wildman–Crippen MR) is 284 cm³/mol. The van der Waals surface area contributed by atoms with Crippen LogP contribution in [-0.4, -0.2) is 150 Å². The number of para-hydroxylation sites is 1. The van der Waals surface area contributed by atoms with Crippen molar-refractivity contribution in [1.29, 1.82) is 10.5 Å². The number of methoxy groups -OCH3 is 3. The molecule has 21 nitrogen and oxygen atoms in total. The number of pyridine rings is 2. The van der Waals surface area contributed by atoms with Gasteiger partial charge in [-0.05, 0) is 97.8 Å². The van der Waals surface area contributed by atoms with Crippen LogP contribution < -0.4 is 22.8 Å². The molecule has 0 spiro atoms. The molecule has 5 aliphatic rings. The topological polar surface area (TPSA) is 249 Å². The maximum atomic E-state index is 17.3. The molecule has 0 unspecified atom stereocenters. The fraction of sp³-hybridized carbons (Fsp3) is 0.304. The van der Waals surface area contributed by atoms with E-state index in [2.05, 4.69) is 19.8 Å². The Labute approximate surface area is 464 Å². The quantitative estimate of drug-likeness (QED) is 0.146. The van der Waals surface area contributed by atoms with Gasteiger partial charge in [0.25, 0.3) is 31.9 Å². The van der Waals surface area contributed by atoms with Gasteiger partial charge in [-0.1, -0.05) is 12.1 Å². The molecule has 25 heteroatoms. The minimum atomic E-state index is -5.62. The summed E-state index contributed by atoms with van der Waals surface area (Å²) in [5.74, 6) is -6.97. The Morgan fingerprint density at radius 3 is 1.63 bits per heavy atom. The minimum Gasteiger partial charge on any atom is -0.495 e. The minimum absolute atomic E-state index is 0.0901. The van der Waals surface area contributed by atoms with E-state index in [0.29, 0.717) is 41.8 Å². The van der Waals surface area contributed by atoms with Crippen LogP contribution in [0.3, 0.4) is 0 Å². The second-order valence-electron chi connectivity index (χ2n) is 19.7. The number of hydrogen-bond acceptors (Lipinski definition) is 17. The van der Waals surface area contributed by atoms with E-state index in [9.17, 15) is 14.9 Å². The van der Waals surface area contributed by atoms with Crippen LogP contribution in [0.2, 0.25) is 0 Å². The van der Waals surface area contributed by atoms with Crippen molar-refractivity contribution in [2.75, 3.05) is 82.4 Å². The van der Waals surface area contributed by atoms with Crippen molar-refractivity contribution in [3.05, 3.63) is 161 Å². The number of sulfonamides is 2. The van der Waals surface area contributed by atoms with Crippen LogP contribution in [0.4, 0.5) is 25.0 Å². The molecule has 7 heterocycles. The lowest BCUT2D eigenvalue weighted by Gasteiger charge is -2.52. The first kappa shape index (κ1) is 54.4. The zero-order valence-electron chi connectivity index (χ0n) is 43.7. The highest BCUT2D eigenvalue weighted by atomic mass is 32.2. The Bertz CT molecular complexity index is 3880. The lowest BCUT2D eigenvalue weighted by atomic mass is 9.73. The summed E-state index contributed by atoms with van der Waals surface area (Å²) in [7, 11) is -7.30. The van der Waals surface area contributed by atoms with E-state index in [1.54, 1.807) is 0 Å². The van der Waals surface area contributed by atoms with Gasteiger partial charge < -0.3 is 23.8 Å². The van der Waals surface area contributed by atoms with Crippen LogP contribution in [0.15, 0.2) is 125 Å². The fourth-order valence-electron chi connectivity index (χ4n) is 11.9. The van der Waals surface area contributed by atoms with Crippen molar-refractivity contribution in [3.8, 4) is 29.6 Å². The molecule has 2 aromatic heterocycles. The molecule has 5 aliphatic heterocycles. The molecular weight excluding hydrogens is 1090 g/mol. The van der Waals surface area contributed by atoms with Crippen LogP contribution in [0.25, 0.3) is 0 Å². The summed E-state index contributed by atoms with van der Waals surface area (Å²) >= 11 is 0. The van der Waals surface area contributed by atoms with Gasteiger partial charge in [0.05, 0.1) is 86.4 Å². The highest BCUT2D eigenvalue weighted by molar-refractivity contribution is 7.94. The number of hydrogen-bond donors (Lipinski definition) is 0. The zero-order valence-corrected chi connectivity index (χ0v) is 45.4. The van der Waals surface area contributed by atoms with Gasteiger partial charge in [0.2, 0.25) is 11.8 Å². The number of rotatable bonds is 13. The molecule has 0 saturated carbocycles. The molecule has 4 amide bonds. The molecule has 4 aromatic carbocycles. The number of piperidine rings is 1. The van der Waals surface area contributed by atoms with E-state index in [-0.39, 0.29) is 53.4 Å². The molecule has 0 aliphatic carbocycles. The molecule has 11 rings (SSSR count). The maximum absolute atomic E-state index is 17.3. The first-order chi connectivity index (χ1) is 39.0. The number of piperazine rings is 1. The number of anilines is 2. The molecule has 0 N–H and O–H groups in total. The van der Waals surface area contributed by atoms with Crippen LogP contribution in [-0.2, 0) is 45.5 Å². The number of fused-ring (bicyclic) bond motifs is 2. The van der Waals surface area contributed by atoms with Crippen molar-refractivity contribution >= 4 is 49.3 Å². The zero-order chi connectivity index (χ0) is 57.2. The molecule has 416 valence electrons. The Balaban J connectivity index is 1.25. The van der Waals surface area contributed by atoms with Crippen LogP contribution in [0.1, 0.15) is 46.2 Å². The number of nitriles is 2. The average molecular weight is 1140 g/mol. The number of aromatic nitrogens is 2. The monoisotopic (exact) mass is 1140 g/mol. The van der Waals surface area contributed by atoms with Gasteiger partial charge in [-0.2, -0.15) is 19.1 Å². The highest BCUT2D eigenvalue weighted by Gasteiger charge is 2.73. The summed E-state index contributed by atoms with van der Waals surface area (Å²) in [6.07, 6.45) is 4.15. The number of carbonyl (C=O) groups is 3. The number of ether oxygens (including phenoxy) is 4. The van der Waals surface area contributed by atoms with E-state index in [0.717, 1.165) is 43.0 Å². The van der Waals surface area contributed by atoms with Gasteiger partial charge in [0.1, 0.15) is 27.2 Å². The molecule has 0 radical (unpaired) electrons. The molecule has 81 heavy (non-hydrogen) atoms. The van der Waals surface area contributed by atoms with Gasteiger partial charge >= 0.3 is 6.03 Å². The Morgan fingerprint density at radius 2 is 1.15 bits per heavy atom. The second-order valence-corrected chi connectivity index (χ2v) is 23.2. The number of nitrogens with zero attached hydrogens (tertiary/aromatic N) is 10. The standard InChI is InChI=1S/C56H50F2N10O11S2/c1-76-47-10-4-5-11-49(47)81(74,75)67-46-16-13-36(32-60)29-43(46)56(53(67)70,41-9-7-21-62-51(41)78-3)68(54(71)65-26-24-64(25-27-65)38-18-22-63(23-19-38)39-33-79-34-39)55(40-8-6-20-61-50(40)77-2)42-28-35(31-59)12-15-45(42)66(52(55)69)80(72,73)48-17-14-37(57)30-44(48)58/h4-17,20-21,28-30,38-39H,18-19,22-27,33-34H2,1-3H3/t55-,56-/m1/s1. The van der Waals surface area contributed by atoms with Crippen molar-refractivity contribution in [2.24, 2.45) is 0 Å². The van der Waals surface area contributed by atoms with E-state index < -0.39 is 116 Å². The summed E-state index contributed by atoms with van der Waals surface area (Å²) < 4.78 is 117. The third-order valence-corrected chi connectivity index (χ3v) is 19.2. The summed E-state index contributed by atoms with van der Waals surface area (Å²) in [6, 6.07) is 22.5. The third-order valence-electron chi connectivity index (χ3n) is 15.8. The van der Waals surface area contributed by atoms with Gasteiger partial charge in [-0.15, -0.1) is 0 Å². The van der Waals surface area contributed by atoms with E-state index in [1.807, 2.05) is 12.1 Å². The number of urea groups is 1. The van der Waals surface area contributed by atoms with E-state index in [1.165, 1.54) is 111 Å². The SMILES string of the molecule is COc1ccccc1S(=O)(=O)N1C(=O)[C@](c2cccnc2OC)(N(C(=O)N2CCN(C3CCN(C4COC4)CC3)CC2)[C@@]2(c3cccnc3OC)C(=O)N(S(=O)(=O)c3ccc(F)cc3F)c3ccc(C#N)cc32)c2cc(C#N)ccc21. The largest absolute Gasteiger partial charge is 0.495 e. The summed E-state index contributed by atoms with van der Waals surface area (Å²) in [4.78, 5) is 65.6. The van der Waals surface area contributed by atoms with Gasteiger partial charge in [0, 0.05) is 74.9 Å². The van der Waals surface area contributed by atoms with Crippen molar-refractivity contribution in [3.63, 3.8) is 0 Å². The number of likely N-dealkylation sites (tertiary alicyclic amines) is 1. The summed E-state index contributed by atoms with van der Waals surface area (Å²) in [5, 5.41) is 21.5. The number of halogens is 2. The molecule has 3 fully saturated rings. The smallest absolute Gasteiger partial charge is 0.323 e. The molecule has 3 saturated heterocycles. The van der Waals surface area contributed by atoms with E-state index in [4.69, 9.17) is 18.9 Å². The Kier molecular flexibility index (Phi) is 14.0. The summed E-state index contributed by atoms with van der Waals surface area (Å²) in [5.41, 5.74) is -9.57. The Hall–Kier alpha value is -8.59. The first-order valence-corrected chi connectivity index (χ1v) is 28.4. The van der Waals surface area contributed by atoms with Crippen LogP contribution in [0.5, 0.6) is 17.5 Å². The number of benzene rings is 4. The van der Waals surface area contributed by atoms with Crippen LogP contribution >= 0.6 is 0 Å². The molecule has 6 aromatic rings. The lowest BCUT2D eigenvalue weighted by molar-refractivity contribution is -0.135. The lowest BCUT2D eigenvalue weighted by Crippen LogP contribution is -2.70. The van der Waals surface area contributed by atoms with E-state index >= 15 is 35.6 Å². The third kappa shape index (κ3) is 8.31. The van der Waals surface area contributed by atoms with Crippen LogP contribution in [0, 0.1) is 34.3 Å². The number of amides is 4. The average Bonchev–Trinajstić information content (AvgIpc) is 1.70. The fourth-order valence-corrected chi connectivity index (χ4v) is 15.1. The predicted octanol–water partition coefficient (Wildman–Crippen LogP) is 5.09. The highest BCUT2D eigenvalue weighted by Crippen LogP contribution is 2.62. The maximum Gasteiger partial charge on any atom is 0.323 e. The summed E-state index contributed by atoms with van der Waals surface area (Å²) in [6.45, 7) is 3.23. The number of carbonyl (C=O) groups excluding carboxylic acids is 3. The van der Waals surface area contributed by atoms with Crippen molar-refractivity contribution in [1.82, 2.24) is 29.6 Å². The van der Waals surface area contributed by atoms with Crippen molar-refractivity contribution < 1.29 is 58.9 Å². The molecule has 2 atom stereocenters. The van der Waals surface area contributed by atoms with Gasteiger partial charge in [-0.3, -0.25) is 24.3 Å². The molecule has 0 bridgehead atoms. The van der Waals surface area contributed by atoms with Gasteiger partial charge in [-0.25, -0.2) is 40.4 Å². The normalized spacial score (nSPS) is 20.7. The molecular formula is C56H50F2N10O11S2. The van der Waals surface area contributed by atoms with Gasteiger partial charge in [0.15, 0.2) is 11.1 Å². The second kappa shape index (κ2) is 20.8. The first-order valence-electron chi connectivity index (χ1n) is 25.5. The Morgan fingerprint density at radius 1 is 0.630 bits per heavy atom. The van der Waals surface area contributed by atoms with Crippen molar-refractivity contribution in [2.45, 2.75) is 45.8 Å².